The molecule has 0 bridgehead atoms. The first-order chi connectivity index (χ1) is 7.84. The highest BCUT2D eigenvalue weighted by Gasteiger charge is 2.07. The molecule has 0 spiro atoms. The third-order valence-corrected chi connectivity index (χ3v) is 2.17. The zero-order valence-corrected chi connectivity index (χ0v) is 8.08. The van der Waals surface area contributed by atoms with Gasteiger partial charge in [-0.3, -0.25) is 4.98 Å². The molecule has 0 N–H and O–H groups in total. The normalized spacial score (nSPS) is 10.8. The molecule has 0 aliphatic rings. The Morgan fingerprint density at radius 2 is 2.12 bits per heavy atom. The monoisotopic (exact) mass is 215 g/mol. The van der Waals surface area contributed by atoms with Crippen molar-refractivity contribution in [1.29, 1.82) is 0 Å². The molecule has 3 rings (SSSR count). The number of hydrogen-bond acceptors (Lipinski definition) is 4. The molecule has 16 heavy (non-hydrogen) atoms. The van der Waals surface area contributed by atoms with E-state index in [0.29, 0.717) is 11.3 Å². The van der Waals surface area contributed by atoms with Crippen LogP contribution >= 0.6 is 0 Å². The maximum Gasteiger partial charge on any atom is 0.214 e. The molecule has 0 atom stereocenters. The van der Waals surface area contributed by atoms with E-state index >= 15 is 0 Å². The fourth-order valence-electron chi connectivity index (χ4n) is 1.46. The fraction of sp³-hybridized carbons (Fsp3) is 0. The molecule has 3 aromatic heterocycles. The highest BCUT2D eigenvalue weighted by Crippen LogP contribution is 2.12. The van der Waals surface area contributed by atoms with Crippen LogP contribution in [0.25, 0.3) is 16.9 Å². The van der Waals surface area contributed by atoms with Gasteiger partial charge in [0.1, 0.15) is 5.52 Å². The number of hydrogen-bond donors (Lipinski definition) is 0. The summed E-state index contributed by atoms with van der Waals surface area (Å²) in [5.41, 5.74) is 1.39. The van der Waals surface area contributed by atoms with Crippen molar-refractivity contribution in [1.82, 2.24) is 25.0 Å². The molecular weight excluding hydrogens is 209 g/mol. The van der Waals surface area contributed by atoms with Crippen LogP contribution in [0.1, 0.15) is 0 Å². The number of halogens is 1. The molecule has 0 unspecified atom stereocenters. The topological polar surface area (TPSA) is 56.5 Å². The molecule has 78 valence electrons. The minimum Gasteiger partial charge on any atom is -0.262 e. The number of pyridine rings is 2. The van der Waals surface area contributed by atoms with Gasteiger partial charge < -0.3 is 0 Å². The summed E-state index contributed by atoms with van der Waals surface area (Å²) in [5.74, 6) is -0.149. The standard InChI is InChI=1S/C10H6FN5/c11-9-2-1-3-10(13-9)16-8-4-5-12-6-7(8)14-15-16/h1-6H. The van der Waals surface area contributed by atoms with E-state index < -0.39 is 5.95 Å². The highest BCUT2D eigenvalue weighted by molar-refractivity contribution is 5.74. The first-order valence-electron chi connectivity index (χ1n) is 4.63. The molecule has 5 nitrogen and oxygen atoms in total. The van der Waals surface area contributed by atoms with Crippen molar-refractivity contribution < 1.29 is 4.39 Å². The lowest BCUT2D eigenvalue weighted by Crippen LogP contribution is -2.00. The smallest absolute Gasteiger partial charge is 0.214 e. The lowest BCUT2D eigenvalue weighted by Gasteiger charge is -1.99. The number of aromatic nitrogens is 5. The highest BCUT2D eigenvalue weighted by atomic mass is 19.1. The molecule has 6 heteroatoms. The van der Waals surface area contributed by atoms with Crippen molar-refractivity contribution in [2.45, 2.75) is 0 Å². The van der Waals surface area contributed by atoms with Gasteiger partial charge in [-0.15, -0.1) is 5.10 Å². The van der Waals surface area contributed by atoms with E-state index in [-0.39, 0.29) is 0 Å². The molecule has 3 heterocycles. The molecule has 0 saturated heterocycles. The van der Waals surface area contributed by atoms with Crippen molar-refractivity contribution >= 4 is 11.0 Å². The Labute approximate surface area is 89.6 Å². The van der Waals surface area contributed by atoms with Gasteiger partial charge in [0.05, 0.1) is 11.7 Å². The first-order valence-corrected chi connectivity index (χ1v) is 4.63. The molecular formula is C10H6FN5. The van der Waals surface area contributed by atoms with Crippen molar-refractivity contribution in [3.8, 4) is 5.82 Å². The summed E-state index contributed by atoms with van der Waals surface area (Å²) in [6.07, 6.45) is 3.22. The fourth-order valence-corrected chi connectivity index (χ4v) is 1.46. The average Bonchev–Trinajstić information content (AvgIpc) is 2.72. The van der Waals surface area contributed by atoms with Crippen LogP contribution in [0.4, 0.5) is 4.39 Å². The molecule has 0 saturated carbocycles. The summed E-state index contributed by atoms with van der Waals surface area (Å²) in [7, 11) is 0. The lowest BCUT2D eigenvalue weighted by atomic mass is 10.4. The van der Waals surface area contributed by atoms with E-state index in [9.17, 15) is 4.39 Å². The van der Waals surface area contributed by atoms with Crippen LogP contribution in [0.5, 0.6) is 0 Å². The van der Waals surface area contributed by atoms with Gasteiger partial charge in [-0.1, -0.05) is 11.3 Å². The second kappa shape index (κ2) is 3.34. The van der Waals surface area contributed by atoms with E-state index in [1.165, 1.54) is 10.7 Å². The quantitative estimate of drug-likeness (QED) is 0.575. The molecule has 0 amide bonds. The van der Waals surface area contributed by atoms with E-state index in [1.807, 2.05) is 0 Å². The van der Waals surface area contributed by atoms with Crippen LogP contribution in [0.3, 0.4) is 0 Å². The van der Waals surface area contributed by atoms with Gasteiger partial charge in [0, 0.05) is 6.20 Å². The molecule has 3 aromatic rings. The SMILES string of the molecule is Fc1cccc(-n2nnc3cnccc32)n1. The first kappa shape index (κ1) is 8.90. The Hall–Kier alpha value is -2.37. The van der Waals surface area contributed by atoms with Crippen molar-refractivity contribution in [2.75, 3.05) is 0 Å². The van der Waals surface area contributed by atoms with Crippen LogP contribution in [0, 0.1) is 5.95 Å². The Morgan fingerprint density at radius 3 is 3.00 bits per heavy atom. The predicted molar refractivity (Wildman–Crippen MR) is 54.4 cm³/mol. The van der Waals surface area contributed by atoms with Gasteiger partial charge in [0.25, 0.3) is 0 Å². The molecule has 0 aromatic carbocycles. The molecule has 0 aliphatic heterocycles. The van der Waals surface area contributed by atoms with Crippen LogP contribution in [0.2, 0.25) is 0 Å². The summed E-state index contributed by atoms with van der Waals surface area (Å²) in [6, 6.07) is 6.27. The van der Waals surface area contributed by atoms with E-state index in [2.05, 4.69) is 20.3 Å². The van der Waals surface area contributed by atoms with Gasteiger partial charge >= 0.3 is 0 Å². The van der Waals surface area contributed by atoms with Gasteiger partial charge in [-0.25, -0.2) is 4.98 Å². The average molecular weight is 215 g/mol. The predicted octanol–water partition coefficient (Wildman–Crippen LogP) is 1.35. The van der Waals surface area contributed by atoms with Crippen LogP contribution in [-0.4, -0.2) is 25.0 Å². The number of fused-ring (bicyclic) bond motifs is 1. The summed E-state index contributed by atoms with van der Waals surface area (Å²) < 4.78 is 14.4. The maximum atomic E-state index is 13.0. The van der Waals surface area contributed by atoms with Crippen LogP contribution in [-0.2, 0) is 0 Å². The second-order valence-corrected chi connectivity index (χ2v) is 3.18. The zero-order chi connectivity index (χ0) is 11.0. The summed E-state index contributed by atoms with van der Waals surface area (Å²) in [5, 5.41) is 7.82. The minimum atomic E-state index is -0.546. The van der Waals surface area contributed by atoms with Crippen molar-refractivity contribution in [3.05, 3.63) is 42.6 Å². The van der Waals surface area contributed by atoms with E-state index in [1.54, 1.807) is 30.6 Å². The van der Waals surface area contributed by atoms with Gasteiger partial charge in [0.15, 0.2) is 5.82 Å². The minimum absolute atomic E-state index is 0.397. The maximum absolute atomic E-state index is 13.0. The Kier molecular flexibility index (Phi) is 1.86. The van der Waals surface area contributed by atoms with E-state index in [0.717, 1.165) is 5.52 Å². The van der Waals surface area contributed by atoms with Crippen LogP contribution < -0.4 is 0 Å². The number of rotatable bonds is 1. The van der Waals surface area contributed by atoms with Gasteiger partial charge in [-0.2, -0.15) is 9.07 Å². The number of nitrogens with zero attached hydrogens (tertiary/aromatic N) is 5. The largest absolute Gasteiger partial charge is 0.262 e. The third-order valence-electron chi connectivity index (χ3n) is 2.17. The Balaban J connectivity index is 2.26. The summed E-state index contributed by atoms with van der Waals surface area (Å²) >= 11 is 0. The zero-order valence-electron chi connectivity index (χ0n) is 8.08. The Morgan fingerprint density at radius 1 is 1.19 bits per heavy atom. The Bertz CT molecular complexity index is 648. The van der Waals surface area contributed by atoms with Crippen LogP contribution in [0.15, 0.2) is 36.7 Å². The van der Waals surface area contributed by atoms with Gasteiger partial charge in [0.2, 0.25) is 5.95 Å². The summed E-state index contributed by atoms with van der Waals surface area (Å²) in [4.78, 5) is 7.67. The summed E-state index contributed by atoms with van der Waals surface area (Å²) in [6.45, 7) is 0. The third kappa shape index (κ3) is 1.31. The van der Waals surface area contributed by atoms with E-state index in [4.69, 9.17) is 0 Å². The van der Waals surface area contributed by atoms with Crippen molar-refractivity contribution in [2.24, 2.45) is 0 Å². The van der Waals surface area contributed by atoms with Crippen molar-refractivity contribution in [3.63, 3.8) is 0 Å². The lowest BCUT2D eigenvalue weighted by molar-refractivity contribution is 0.577. The molecule has 0 radical (unpaired) electrons. The van der Waals surface area contributed by atoms with Gasteiger partial charge in [-0.05, 0) is 18.2 Å². The molecule has 0 fully saturated rings. The second-order valence-electron chi connectivity index (χ2n) is 3.18. The molecule has 0 aliphatic carbocycles.